The van der Waals surface area contributed by atoms with E-state index in [1.807, 2.05) is 30.3 Å². The van der Waals surface area contributed by atoms with Crippen molar-refractivity contribution in [2.45, 2.75) is 16.6 Å². The fraction of sp³-hybridized carbons (Fsp3) is 0.227. The number of fused-ring (bicyclic) bond motifs is 1. The molecule has 0 bridgehead atoms. The highest BCUT2D eigenvalue weighted by Crippen LogP contribution is 2.41. The summed E-state index contributed by atoms with van der Waals surface area (Å²) < 4.78 is 0. The smallest absolute Gasteiger partial charge is 0.352 e. The molecule has 2 aromatic heterocycles. The van der Waals surface area contributed by atoms with Gasteiger partial charge in [-0.05, 0) is 5.57 Å². The molecular weight excluding hydrogens is 552 g/mol. The van der Waals surface area contributed by atoms with Gasteiger partial charge in [-0.2, -0.15) is 0 Å². The molecule has 13 nitrogen and oxygen atoms in total. The number of anilines is 1. The summed E-state index contributed by atoms with van der Waals surface area (Å²) in [4.78, 5) is 51.2. The summed E-state index contributed by atoms with van der Waals surface area (Å²) in [6.07, 6.45) is 0. The molecule has 1 fully saturated rings. The van der Waals surface area contributed by atoms with Gasteiger partial charge < -0.3 is 26.0 Å². The molecule has 1 aromatic carbocycles. The highest BCUT2D eigenvalue weighted by atomic mass is 32.2. The summed E-state index contributed by atoms with van der Waals surface area (Å²) in [5, 5.41) is 26.3. The first-order valence-corrected chi connectivity index (χ1v) is 13.9. The average molecular weight is 573 g/mol. The number of carbonyl (C=O) groups excluding carboxylic acids is 2. The SMILES string of the molecule is CON=C(C(=O)N[C@@H]1C(=O)N2C(C(=O)O)=C(CSc3nnc(-c4ccccc4)[nH]3)CS[C@@H]12)c1csc(N)n1. The number of rotatable bonds is 9. The largest absolute Gasteiger partial charge is 0.477 e. The van der Waals surface area contributed by atoms with Gasteiger partial charge in [-0.1, -0.05) is 47.2 Å². The summed E-state index contributed by atoms with van der Waals surface area (Å²) in [7, 11) is 1.28. The van der Waals surface area contributed by atoms with Gasteiger partial charge in [-0.3, -0.25) is 14.5 Å². The Labute approximate surface area is 227 Å². The summed E-state index contributed by atoms with van der Waals surface area (Å²) in [5.41, 5.74) is 7.08. The number of H-pyrrole nitrogens is 1. The zero-order valence-electron chi connectivity index (χ0n) is 19.7. The van der Waals surface area contributed by atoms with E-state index in [2.05, 4.69) is 30.6 Å². The zero-order valence-corrected chi connectivity index (χ0v) is 22.1. The predicted octanol–water partition coefficient (Wildman–Crippen LogP) is 1.39. The van der Waals surface area contributed by atoms with Crippen LogP contribution in [0.25, 0.3) is 11.4 Å². The van der Waals surface area contributed by atoms with Gasteiger partial charge in [-0.25, -0.2) is 9.78 Å². The van der Waals surface area contributed by atoms with Crippen LogP contribution in [0.3, 0.4) is 0 Å². The van der Waals surface area contributed by atoms with Crippen LogP contribution in [-0.4, -0.2) is 83.7 Å². The van der Waals surface area contributed by atoms with Crippen molar-refractivity contribution in [3.05, 3.63) is 52.7 Å². The Morgan fingerprint density at radius 3 is 2.82 bits per heavy atom. The van der Waals surface area contributed by atoms with Crippen molar-refractivity contribution in [2.75, 3.05) is 24.3 Å². The number of β-lactam (4-membered cyclic amide) rings is 1. The molecule has 0 aliphatic carbocycles. The van der Waals surface area contributed by atoms with Crippen molar-refractivity contribution in [3.63, 3.8) is 0 Å². The van der Waals surface area contributed by atoms with Crippen molar-refractivity contribution >= 4 is 63.5 Å². The van der Waals surface area contributed by atoms with Gasteiger partial charge in [0.25, 0.3) is 11.8 Å². The van der Waals surface area contributed by atoms with E-state index in [9.17, 15) is 19.5 Å². The quantitative estimate of drug-likeness (QED) is 0.125. The Balaban J connectivity index is 1.28. The number of hydrogen-bond acceptors (Lipinski definition) is 12. The van der Waals surface area contributed by atoms with E-state index in [-0.39, 0.29) is 22.2 Å². The minimum Gasteiger partial charge on any atom is -0.477 e. The monoisotopic (exact) mass is 572 g/mol. The number of carboxylic acids is 1. The van der Waals surface area contributed by atoms with Crippen LogP contribution in [0.1, 0.15) is 5.69 Å². The van der Waals surface area contributed by atoms with Gasteiger partial charge in [0.05, 0.1) is 0 Å². The van der Waals surface area contributed by atoms with Crippen LogP contribution in [0.5, 0.6) is 0 Å². The summed E-state index contributed by atoms with van der Waals surface area (Å²) in [6.45, 7) is 0. The van der Waals surface area contributed by atoms with E-state index in [0.29, 0.717) is 28.1 Å². The van der Waals surface area contributed by atoms with E-state index in [0.717, 1.165) is 16.9 Å². The van der Waals surface area contributed by atoms with Gasteiger partial charge in [0, 0.05) is 22.4 Å². The molecule has 0 saturated carbocycles. The minimum absolute atomic E-state index is 0.0856. The molecule has 16 heteroatoms. The van der Waals surface area contributed by atoms with Crippen LogP contribution in [0.2, 0.25) is 0 Å². The minimum atomic E-state index is -1.22. The second-order valence-electron chi connectivity index (χ2n) is 7.95. The van der Waals surface area contributed by atoms with Crippen LogP contribution in [0.15, 0.2) is 57.3 Å². The number of aliphatic carboxylic acids is 1. The predicted molar refractivity (Wildman–Crippen MR) is 142 cm³/mol. The first-order valence-electron chi connectivity index (χ1n) is 11.0. The van der Waals surface area contributed by atoms with E-state index in [1.165, 1.54) is 35.5 Å². The molecule has 5 N–H and O–H groups in total. The molecule has 1 saturated heterocycles. The second-order valence-corrected chi connectivity index (χ2v) is 10.9. The average Bonchev–Trinajstić information content (AvgIpc) is 3.58. The lowest BCUT2D eigenvalue weighted by Gasteiger charge is -2.49. The number of thioether (sulfide) groups is 2. The van der Waals surface area contributed by atoms with E-state index in [1.54, 1.807) is 5.38 Å². The maximum Gasteiger partial charge on any atom is 0.352 e. The first-order chi connectivity index (χ1) is 18.4. The van der Waals surface area contributed by atoms with Crippen molar-refractivity contribution in [1.29, 1.82) is 0 Å². The number of nitrogens with one attached hydrogen (secondary N) is 2. The number of aromatic amines is 1. The van der Waals surface area contributed by atoms with Gasteiger partial charge in [0.15, 0.2) is 21.8 Å². The fourth-order valence-electron chi connectivity index (χ4n) is 3.89. The highest BCUT2D eigenvalue weighted by molar-refractivity contribution is 8.01. The Morgan fingerprint density at radius 1 is 1.34 bits per heavy atom. The number of nitrogen functional groups attached to an aromatic ring is 1. The van der Waals surface area contributed by atoms with Crippen molar-refractivity contribution in [2.24, 2.45) is 5.16 Å². The van der Waals surface area contributed by atoms with Crippen LogP contribution < -0.4 is 11.1 Å². The van der Waals surface area contributed by atoms with Crippen molar-refractivity contribution in [1.82, 2.24) is 30.4 Å². The standard InChI is InChI=1S/C22H20N8O5S3/c1-35-29-13(12-9-37-21(23)24-12)17(31)25-14-18(32)30-15(20(33)34)11(7-36-19(14)30)8-38-22-26-16(27-28-22)10-5-3-2-4-6-10/h2-6,9,14,19H,7-8H2,1H3,(H2,23,24)(H,25,31)(H,33,34)(H,26,27,28)/t14-,19+/m1/s1. The molecule has 3 aromatic rings. The number of benzene rings is 1. The highest BCUT2D eigenvalue weighted by Gasteiger charge is 2.54. The molecule has 0 radical (unpaired) electrons. The lowest BCUT2D eigenvalue weighted by atomic mass is 10.0. The van der Waals surface area contributed by atoms with Crippen molar-refractivity contribution < 1.29 is 24.3 Å². The molecule has 38 heavy (non-hydrogen) atoms. The van der Waals surface area contributed by atoms with Gasteiger partial charge in [0.2, 0.25) is 0 Å². The summed E-state index contributed by atoms with van der Waals surface area (Å²) >= 11 is 3.79. The van der Waals surface area contributed by atoms with Crippen LogP contribution >= 0.6 is 34.9 Å². The maximum absolute atomic E-state index is 13.0. The second kappa shape index (κ2) is 10.8. The number of carboxylic acid groups (broad SMARTS) is 1. The van der Waals surface area contributed by atoms with E-state index >= 15 is 0 Å². The topological polar surface area (TPSA) is 189 Å². The molecular formula is C22H20N8O5S3. The third-order valence-electron chi connectivity index (χ3n) is 5.60. The number of nitrogens with two attached hydrogens (primary N) is 1. The molecule has 4 heterocycles. The number of oxime groups is 1. The van der Waals surface area contributed by atoms with Crippen molar-refractivity contribution in [3.8, 4) is 11.4 Å². The molecule has 2 aliphatic rings. The van der Waals surface area contributed by atoms with Crippen LogP contribution in [0, 0.1) is 0 Å². The normalized spacial score (nSPS) is 19.1. The zero-order chi connectivity index (χ0) is 26.8. The fourth-order valence-corrected chi connectivity index (χ4v) is 6.73. The molecule has 5 rings (SSSR count). The Kier molecular flexibility index (Phi) is 7.35. The van der Waals surface area contributed by atoms with E-state index < -0.39 is 29.2 Å². The number of hydrogen-bond donors (Lipinski definition) is 4. The maximum atomic E-state index is 13.0. The first kappa shape index (κ1) is 25.7. The van der Waals surface area contributed by atoms with Gasteiger partial charge >= 0.3 is 5.97 Å². The summed E-state index contributed by atoms with van der Waals surface area (Å²) in [6, 6.07) is 8.56. The Morgan fingerprint density at radius 2 is 2.13 bits per heavy atom. The molecule has 2 aliphatic heterocycles. The number of aromatic nitrogens is 4. The van der Waals surface area contributed by atoms with Gasteiger partial charge in [0.1, 0.15) is 29.9 Å². The lowest BCUT2D eigenvalue weighted by Crippen LogP contribution is -2.71. The number of nitrogens with zero attached hydrogens (tertiary/aromatic N) is 5. The molecule has 196 valence electrons. The number of thiazole rings is 1. The Bertz CT molecular complexity index is 1450. The molecule has 2 atom stereocenters. The third kappa shape index (κ3) is 4.97. The summed E-state index contributed by atoms with van der Waals surface area (Å²) in [5.74, 6) is -1.18. The Hall–Kier alpha value is -3.89. The van der Waals surface area contributed by atoms with Crippen LogP contribution in [0.4, 0.5) is 5.13 Å². The van der Waals surface area contributed by atoms with Gasteiger partial charge in [-0.15, -0.1) is 33.3 Å². The molecule has 0 unspecified atom stereocenters. The third-order valence-corrected chi connectivity index (χ3v) is 8.56. The number of amides is 2. The molecule has 2 amide bonds. The van der Waals surface area contributed by atoms with E-state index in [4.69, 9.17) is 10.6 Å². The lowest BCUT2D eigenvalue weighted by molar-refractivity contribution is -0.150. The van der Waals surface area contributed by atoms with Crippen LogP contribution in [-0.2, 0) is 19.2 Å². The molecule has 0 spiro atoms. The number of carbonyl (C=O) groups is 3.